The summed E-state index contributed by atoms with van der Waals surface area (Å²) < 4.78 is 4.55. The molecule has 0 aliphatic heterocycles. The Labute approximate surface area is 120 Å². The number of carbonyl (C=O) groups excluding carboxylic acids is 2. The van der Waals surface area contributed by atoms with Crippen LogP contribution in [0, 0.1) is 6.92 Å². The van der Waals surface area contributed by atoms with Gasteiger partial charge in [-0.15, -0.1) is 0 Å². The Morgan fingerprint density at radius 2 is 2.05 bits per heavy atom. The van der Waals surface area contributed by atoms with Gasteiger partial charge in [-0.1, -0.05) is 5.16 Å². The first kappa shape index (κ1) is 13.3. The molecule has 1 fully saturated rings. The summed E-state index contributed by atoms with van der Waals surface area (Å²) in [5, 5.41) is 3.47. The van der Waals surface area contributed by atoms with Crippen molar-refractivity contribution in [2.45, 2.75) is 25.7 Å². The smallest absolute Gasteiger partial charge is 0.291 e. The van der Waals surface area contributed by atoms with E-state index >= 15 is 0 Å². The number of hydrogen-bond donors (Lipinski definition) is 2. The SMILES string of the molecule is Cc1cc(C2CC2)ncc1C(=O)NNC(=O)c1ccon1. The number of aryl methyl sites for hydroxylation is 1. The Hall–Kier alpha value is -2.70. The topological polar surface area (TPSA) is 97.1 Å². The van der Waals surface area contributed by atoms with Gasteiger partial charge in [0.1, 0.15) is 6.26 Å². The molecular formula is C14H14N4O3. The van der Waals surface area contributed by atoms with Crippen molar-refractivity contribution in [2.75, 3.05) is 0 Å². The van der Waals surface area contributed by atoms with E-state index in [2.05, 4.69) is 25.5 Å². The van der Waals surface area contributed by atoms with E-state index in [0.717, 1.165) is 24.1 Å². The van der Waals surface area contributed by atoms with Crippen LogP contribution in [0.5, 0.6) is 0 Å². The average molecular weight is 286 g/mol. The van der Waals surface area contributed by atoms with E-state index in [4.69, 9.17) is 0 Å². The molecule has 0 atom stereocenters. The van der Waals surface area contributed by atoms with Crippen LogP contribution in [0.25, 0.3) is 0 Å². The molecule has 3 rings (SSSR count). The first-order valence-corrected chi connectivity index (χ1v) is 6.63. The second-order valence-corrected chi connectivity index (χ2v) is 4.99. The molecule has 1 aliphatic carbocycles. The van der Waals surface area contributed by atoms with Crippen LogP contribution in [0.15, 0.2) is 29.1 Å². The van der Waals surface area contributed by atoms with Crippen molar-refractivity contribution in [3.8, 4) is 0 Å². The molecule has 108 valence electrons. The van der Waals surface area contributed by atoms with Crippen molar-refractivity contribution in [2.24, 2.45) is 0 Å². The summed E-state index contributed by atoms with van der Waals surface area (Å²) in [6, 6.07) is 3.32. The van der Waals surface area contributed by atoms with Crippen LogP contribution in [0.1, 0.15) is 50.9 Å². The molecule has 2 aromatic heterocycles. The zero-order chi connectivity index (χ0) is 14.8. The summed E-state index contributed by atoms with van der Waals surface area (Å²) in [5.74, 6) is -0.427. The number of hydrazine groups is 1. The van der Waals surface area contributed by atoms with Crippen molar-refractivity contribution in [3.05, 3.63) is 47.1 Å². The van der Waals surface area contributed by atoms with E-state index < -0.39 is 11.8 Å². The largest absolute Gasteiger partial charge is 0.364 e. The monoisotopic (exact) mass is 286 g/mol. The molecule has 0 saturated heterocycles. The lowest BCUT2D eigenvalue weighted by Gasteiger charge is -2.09. The van der Waals surface area contributed by atoms with Gasteiger partial charge in [-0.05, 0) is 31.4 Å². The molecule has 7 heteroatoms. The number of nitrogens with one attached hydrogen (secondary N) is 2. The summed E-state index contributed by atoms with van der Waals surface area (Å²) in [6.07, 6.45) is 5.14. The zero-order valence-corrected chi connectivity index (χ0v) is 11.4. The van der Waals surface area contributed by atoms with E-state index in [0.29, 0.717) is 11.5 Å². The van der Waals surface area contributed by atoms with E-state index in [9.17, 15) is 9.59 Å². The molecule has 0 aromatic carbocycles. The molecule has 2 aromatic rings. The number of aromatic nitrogens is 2. The Kier molecular flexibility index (Phi) is 3.39. The van der Waals surface area contributed by atoms with Gasteiger partial charge in [-0.2, -0.15) is 0 Å². The molecule has 2 heterocycles. The van der Waals surface area contributed by atoms with Crippen molar-refractivity contribution in [3.63, 3.8) is 0 Å². The van der Waals surface area contributed by atoms with E-state index in [1.165, 1.54) is 12.3 Å². The van der Waals surface area contributed by atoms with Crippen LogP contribution in [0.4, 0.5) is 0 Å². The van der Waals surface area contributed by atoms with Crippen molar-refractivity contribution < 1.29 is 14.1 Å². The molecule has 0 bridgehead atoms. The summed E-state index contributed by atoms with van der Waals surface area (Å²) in [7, 11) is 0. The summed E-state index contributed by atoms with van der Waals surface area (Å²) in [6.45, 7) is 1.85. The number of hydrogen-bond acceptors (Lipinski definition) is 5. The zero-order valence-electron chi connectivity index (χ0n) is 11.4. The lowest BCUT2D eigenvalue weighted by Crippen LogP contribution is -2.42. The van der Waals surface area contributed by atoms with Crippen LogP contribution in [0.3, 0.4) is 0 Å². The molecule has 1 aliphatic rings. The highest BCUT2D eigenvalue weighted by Gasteiger charge is 2.25. The first-order valence-electron chi connectivity index (χ1n) is 6.63. The molecule has 7 nitrogen and oxygen atoms in total. The first-order chi connectivity index (χ1) is 10.1. The summed E-state index contributed by atoms with van der Waals surface area (Å²) >= 11 is 0. The highest BCUT2D eigenvalue weighted by molar-refractivity contribution is 5.98. The standard InChI is InChI=1S/C14H14N4O3/c1-8-6-12(9-2-3-9)15-7-10(8)13(19)16-17-14(20)11-4-5-21-18-11/h4-7,9H,2-3H2,1H3,(H,16,19)(H,17,20). The highest BCUT2D eigenvalue weighted by atomic mass is 16.5. The second kappa shape index (κ2) is 5.35. The lowest BCUT2D eigenvalue weighted by molar-refractivity contribution is 0.0841. The van der Waals surface area contributed by atoms with Gasteiger partial charge in [0.05, 0.1) is 5.56 Å². The molecule has 0 radical (unpaired) electrons. The number of carbonyl (C=O) groups is 2. The number of pyridine rings is 1. The maximum absolute atomic E-state index is 12.0. The molecule has 2 N–H and O–H groups in total. The van der Waals surface area contributed by atoms with Crippen LogP contribution in [0.2, 0.25) is 0 Å². The Morgan fingerprint density at radius 1 is 1.29 bits per heavy atom. The number of amides is 2. The third-order valence-electron chi connectivity index (χ3n) is 3.33. The fourth-order valence-corrected chi connectivity index (χ4v) is 1.99. The van der Waals surface area contributed by atoms with E-state index in [-0.39, 0.29) is 5.69 Å². The highest BCUT2D eigenvalue weighted by Crippen LogP contribution is 2.39. The van der Waals surface area contributed by atoms with Gasteiger partial charge in [0.15, 0.2) is 5.69 Å². The minimum absolute atomic E-state index is 0.0919. The normalized spacial score (nSPS) is 13.8. The minimum atomic E-state index is -0.544. The quantitative estimate of drug-likeness (QED) is 0.830. The molecular weight excluding hydrogens is 272 g/mol. The van der Waals surface area contributed by atoms with Crippen LogP contribution in [-0.4, -0.2) is 22.0 Å². The van der Waals surface area contributed by atoms with E-state index in [1.54, 1.807) is 6.20 Å². The predicted molar refractivity (Wildman–Crippen MR) is 72.4 cm³/mol. The third kappa shape index (κ3) is 2.91. The molecule has 0 spiro atoms. The van der Waals surface area contributed by atoms with Crippen LogP contribution in [-0.2, 0) is 0 Å². The number of rotatable bonds is 3. The maximum Gasteiger partial charge on any atom is 0.291 e. The Balaban J connectivity index is 1.64. The summed E-state index contributed by atoms with van der Waals surface area (Å²) in [5.41, 5.74) is 6.98. The Bertz CT molecular complexity index is 678. The van der Waals surface area contributed by atoms with Gasteiger partial charge in [-0.25, -0.2) is 0 Å². The van der Waals surface area contributed by atoms with Crippen LogP contribution >= 0.6 is 0 Å². The van der Waals surface area contributed by atoms with Gasteiger partial charge in [-0.3, -0.25) is 25.4 Å². The fourth-order valence-electron chi connectivity index (χ4n) is 1.99. The van der Waals surface area contributed by atoms with Gasteiger partial charge >= 0.3 is 0 Å². The van der Waals surface area contributed by atoms with Crippen LogP contribution < -0.4 is 10.9 Å². The van der Waals surface area contributed by atoms with Gasteiger partial charge in [0, 0.05) is 23.9 Å². The minimum Gasteiger partial charge on any atom is -0.364 e. The van der Waals surface area contributed by atoms with Crippen molar-refractivity contribution in [1.29, 1.82) is 0 Å². The molecule has 2 amide bonds. The number of nitrogens with zero attached hydrogens (tertiary/aromatic N) is 2. The molecule has 21 heavy (non-hydrogen) atoms. The summed E-state index contributed by atoms with van der Waals surface area (Å²) in [4.78, 5) is 27.9. The molecule has 0 unspecified atom stereocenters. The predicted octanol–water partition coefficient (Wildman–Crippen LogP) is 1.33. The van der Waals surface area contributed by atoms with Gasteiger partial charge < -0.3 is 4.52 Å². The van der Waals surface area contributed by atoms with Gasteiger partial charge in [0.25, 0.3) is 11.8 Å². The van der Waals surface area contributed by atoms with Crippen molar-refractivity contribution >= 4 is 11.8 Å². The second-order valence-electron chi connectivity index (χ2n) is 4.99. The van der Waals surface area contributed by atoms with Gasteiger partial charge in [0.2, 0.25) is 0 Å². The third-order valence-corrected chi connectivity index (χ3v) is 3.33. The maximum atomic E-state index is 12.0. The average Bonchev–Trinajstić information content (AvgIpc) is 3.19. The van der Waals surface area contributed by atoms with Crippen molar-refractivity contribution in [1.82, 2.24) is 21.0 Å². The Morgan fingerprint density at radius 3 is 2.67 bits per heavy atom. The lowest BCUT2D eigenvalue weighted by atomic mass is 10.1. The van der Waals surface area contributed by atoms with E-state index in [1.807, 2.05) is 13.0 Å². The molecule has 1 saturated carbocycles. The fraction of sp³-hybridized carbons (Fsp3) is 0.286.